The molecule has 0 aliphatic carbocycles. The van der Waals surface area contributed by atoms with Crippen LogP contribution in [0.1, 0.15) is 24.8 Å². The fraction of sp³-hybridized carbons (Fsp3) is 0.429. The summed E-state index contributed by atoms with van der Waals surface area (Å²) in [6.45, 7) is 1.29. The normalized spacial score (nSPS) is 15.1. The molecule has 9 heteroatoms. The van der Waals surface area contributed by atoms with Gasteiger partial charge in [-0.15, -0.1) is 11.8 Å². The summed E-state index contributed by atoms with van der Waals surface area (Å²) in [6.07, 6.45) is -1.62. The monoisotopic (exact) mass is 439 g/mol. The number of halogens is 3. The number of benzene rings is 1. The van der Waals surface area contributed by atoms with Crippen molar-refractivity contribution in [3.8, 4) is 5.75 Å². The Bertz CT molecular complexity index is 821. The lowest BCUT2D eigenvalue weighted by molar-refractivity contribution is -0.137. The van der Waals surface area contributed by atoms with Crippen LogP contribution in [0.2, 0.25) is 0 Å². The zero-order valence-electron chi connectivity index (χ0n) is 16.6. The number of methoxy groups -OCH3 is 1. The molecular weight excluding hydrogens is 415 g/mol. The number of nitrogens with zero attached hydrogens (tertiary/aromatic N) is 2. The maximum Gasteiger partial charge on any atom is 0.417 e. The summed E-state index contributed by atoms with van der Waals surface area (Å²) in [5, 5.41) is 3.06. The molecule has 0 saturated carbocycles. The molecule has 1 amide bonds. The number of anilines is 1. The first-order valence-electron chi connectivity index (χ1n) is 9.69. The number of amides is 1. The van der Waals surface area contributed by atoms with E-state index in [1.807, 2.05) is 29.2 Å². The van der Waals surface area contributed by atoms with Gasteiger partial charge in [-0.05, 0) is 49.2 Å². The van der Waals surface area contributed by atoms with Crippen molar-refractivity contribution in [2.75, 3.05) is 30.9 Å². The van der Waals surface area contributed by atoms with Crippen LogP contribution in [0.15, 0.2) is 47.5 Å². The fourth-order valence-corrected chi connectivity index (χ4v) is 4.08. The second-order valence-corrected chi connectivity index (χ2v) is 8.17. The van der Waals surface area contributed by atoms with Crippen LogP contribution >= 0.6 is 11.8 Å². The highest BCUT2D eigenvalue weighted by Crippen LogP contribution is 2.30. The molecule has 2 aromatic rings. The van der Waals surface area contributed by atoms with Crippen LogP contribution in [0.4, 0.5) is 19.0 Å². The third-order valence-electron chi connectivity index (χ3n) is 4.92. The summed E-state index contributed by atoms with van der Waals surface area (Å²) >= 11 is 1.62. The van der Waals surface area contributed by atoms with E-state index in [9.17, 15) is 18.0 Å². The number of thioether (sulfide) groups is 1. The van der Waals surface area contributed by atoms with E-state index in [1.165, 1.54) is 6.07 Å². The standard InChI is InChI=1S/C21H24F3N3O2S/c1-29-17-3-5-18(6-4-17)30-13-10-20(28)26-16-8-11-27(12-9-16)19-7-2-15(14-25-19)21(22,23)24/h2-7,14,16H,8-13H2,1H3,(H,26,28). The zero-order valence-corrected chi connectivity index (χ0v) is 17.4. The van der Waals surface area contributed by atoms with Gasteiger partial charge in [0.05, 0.1) is 12.7 Å². The molecule has 0 bridgehead atoms. The first-order valence-corrected chi connectivity index (χ1v) is 10.7. The summed E-state index contributed by atoms with van der Waals surface area (Å²) in [4.78, 5) is 19.2. The van der Waals surface area contributed by atoms with Crippen LogP contribution in [-0.4, -0.2) is 42.9 Å². The van der Waals surface area contributed by atoms with Gasteiger partial charge in [-0.1, -0.05) is 0 Å². The highest BCUT2D eigenvalue weighted by molar-refractivity contribution is 7.99. The molecule has 1 aliphatic heterocycles. The van der Waals surface area contributed by atoms with Crippen molar-refractivity contribution in [2.45, 2.75) is 36.4 Å². The van der Waals surface area contributed by atoms with E-state index in [1.54, 1.807) is 18.9 Å². The number of hydrogen-bond donors (Lipinski definition) is 1. The molecule has 162 valence electrons. The van der Waals surface area contributed by atoms with Crippen molar-refractivity contribution in [1.82, 2.24) is 10.3 Å². The summed E-state index contributed by atoms with van der Waals surface area (Å²) in [6, 6.07) is 10.2. The average molecular weight is 440 g/mol. The van der Waals surface area contributed by atoms with Gasteiger partial charge < -0.3 is 15.0 Å². The second-order valence-electron chi connectivity index (χ2n) is 7.01. The zero-order chi connectivity index (χ0) is 21.6. The Morgan fingerprint density at radius 2 is 1.90 bits per heavy atom. The molecule has 1 aromatic heterocycles. The van der Waals surface area contributed by atoms with Gasteiger partial charge in [0.1, 0.15) is 11.6 Å². The van der Waals surface area contributed by atoms with Crippen LogP contribution in [0.5, 0.6) is 5.75 Å². The van der Waals surface area contributed by atoms with Gasteiger partial charge >= 0.3 is 6.18 Å². The van der Waals surface area contributed by atoms with Gasteiger partial charge in [-0.2, -0.15) is 13.2 Å². The number of alkyl halides is 3. The SMILES string of the molecule is COc1ccc(SCCC(=O)NC2CCN(c3ccc(C(F)(F)F)cn3)CC2)cc1. The van der Waals surface area contributed by atoms with Crippen LogP contribution in [0.25, 0.3) is 0 Å². The largest absolute Gasteiger partial charge is 0.497 e. The topological polar surface area (TPSA) is 54.5 Å². The quantitative estimate of drug-likeness (QED) is 0.649. The number of hydrogen-bond acceptors (Lipinski definition) is 5. The minimum Gasteiger partial charge on any atom is -0.497 e. The van der Waals surface area contributed by atoms with Gasteiger partial charge in [0, 0.05) is 42.4 Å². The highest BCUT2D eigenvalue weighted by atomic mass is 32.2. The summed E-state index contributed by atoms with van der Waals surface area (Å²) < 4.78 is 43.1. The minimum atomic E-state index is -4.38. The Morgan fingerprint density at radius 1 is 1.20 bits per heavy atom. The predicted octanol–water partition coefficient (Wildman–Crippen LogP) is 4.38. The van der Waals surface area contributed by atoms with Crippen molar-refractivity contribution in [3.63, 3.8) is 0 Å². The Morgan fingerprint density at radius 3 is 2.47 bits per heavy atom. The van der Waals surface area contributed by atoms with Crippen LogP contribution in [-0.2, 0) is 11.0 Å². The van der Waals surface area contributed by atoms with Crippen LogP contribution < -0.4 is 15.0 Å². The van der Waals surface area contributed by atoms with Gasteiger partial charge in [-0.25, -0.2) is 4.98 Å². The van der Waals surface area contributed by atoms with Gasteiger partial charge in [0.25, 0.3) is 0 Å². The molecule has 5 nitrogen and oxygen atoms in total. The maximum absolute atomic E-state index is 12.6. The van der Waals surface area contributed by atoms with Crippen molar-refractivity contribution in [2.24, 2.45) is 0 Å². The molecule has 30 heavy (non-hydrogen) atoms. The Labute approximate surface area is 178 Å². The van der Waals surface area contributed by atoms with E-state index < -0.39 is 11.7 Å². The van der Waals surface area contributed by atoms with Crippen molar-refractivity contribution >= 4 is 23.5 Å². The molecule has 2 heterocycles. The number of piperidine rings is 1. The van der Waals surface area contributed by atoms with E-state index in [-0.39, 0.29) is 11.9 Å². The molecule has 1 aromatic carbocycles. The Balaban J connectivity index is 1.38. The van der Waals surface area contributed by atoms with E-state index in [2.05, 4.69) is 10.3 Å². The third-order valence-corrected chi connectivity index (χ3v) is 5.93. The Hall–Kier alpha value is -2.42. The molecule has 1 fully saturated rings. The lowest BCUT2D eigenvalue weighted by Crippen LogP contribution is -2.45. The van der Waals surface area contributed by atoms with Crippen molar-refractivity contribution in [1.29, 1.82) is 0 Å². The van der Waals surface area contributed by atoms with Crippen molar-refractivity contribution < 1.29 is 22.7 Å². The molecule has 1 N–H and O–H groups in total. The molecule has 0 radical (unpaired) electrons. The molecule has 3 rings (SSSR count). The molecule has 0 atom stereocenters. The highest BCUT2D eigenvalue weighted by Gasteiger charge is 2.31. The van der Waals surface area contributed by atoms with Gasteiger partial charge in [0.2, 0.25) is 5.91 Å². The lowest BCUT2D eigenvalue weighted by atomic mass is 10.0. The van der Waals surface area contributed by atoms with Crippen molar-refractivity contribution in [3.05, 3.63) is 48.2 Å². The first-order chi connectivity index (χ1) is 14.3. The summed E-state index contributed by atoms with van der Waals surface area (Å²) in [7, 11) is 1.62. The fourth-order valence-electron chi connectivity index (χ4n) is 3.23. The van der Waals surface area contributed by atoms with E-state index >= 15 is 0 Å². The number of carbonyl (C=O) groups excluding carboxylic acids is 1. The lowest BCUT2D eigenvalue weighted by Gasteiger charge is -2.33. The van der Waals surface area contributed by atoms with Crippen LogP contribution in [0.3, 0.4) is 0 Å². The smallest absolute Gasteiger partial charge is 0.417 e. The average Bonchev–Trinajstić information content (AvgIpc) is 2.74. The van der Waals surface area contributed by atoms with Gasteiger partial charge in [0.15, 0.2) is 0 Å². The molecule has 1 aliphatic rings. The number of rotatable bonds is 7. The second kappa shape index (κ2) is 10.1. The maximum atomic E-state index is 12.6. The number of pyridine rings is 1. The first kappa shape index (κ1) is 22.3. The molecule has 1 saturated heterocycles. The third kappa shape index (κ3) is 6.29. The number of aromatic nitrogens is 1. The molecule has 0 unspecified atom stereocenters. The van der Waals surface area contributed by atoms with Crippen LogP contribution in [0, 0.1) is 0 Å². The van der Waals surface area contributed by atoms with Gasteiger partial charge in [-0.3, -0.25) is 4.79 Å². The minimum absolute atomic E-state index is 0.0158. The molecular formula is C21H24F3N3O2S. The molecule has 0 spiro atoms. The number of ether oxygens (including phenoxy) is 1. The summed E-state index contributed by atoms with van der Waals surface area (Å²) in [5.41, 5.74) is -0.749. The number of nitrogens with one attached hydrogen (secondary N) is 1. The van der Waals surface area contributed by atoms with E-state index in [0.29, 0.717) is 31.1 Å². The predicted molar refractivity (Wildman–Crippen MR) is 111 cm³/mol. The number of carbonyl (C=O) groups is 1. The van der Waals surface area contributed by atoms with E-state index in [0.717, 1.165) is 35.7 Å². The Kier molecular flexibility index (Phi) is 7.47. The van der Waals surface area contributed by atoms with E-state index in [4.69, 9.17) is 4.74 Å². The summed E-state index contributed by atoms with van der Waals surface area (Å²) in [5.74, 6) is 2.03.